The molecular weight excluding hydrogens is 406 g/mol. The van der Waals surface area contributed by atoms with Crippen LogP contribution in [0, 0.1) is 0 Å². The molecule has 1 aliphatic heterocycles. The fraction of sp³-hybridized carbons (Fsp3) is 0.478. The first-order valence-corrected chi connectivity index (χ1v) is 11.3. The van der Waals surface area contributed by atoms with Gasteiger partial charge in [-0.25, -0.2) is 9.97 Å². The number of hydrogen-bond acceptors (Lipinski definition) is 7. The van der Waals surface area contributed by atoms with Crippen LogP contribution in [-0.4, -0.2) is 70.7 Å². The average Bonchev–Trinajstić information content (AvgIpc) is 3.47. The highest BCUT2D eigenvalue weighted by Crippen LogP contribution is 2.35. The first kappa shape index (κ1) is 20.7. The number of carbonyl (C=O) groups excluding carboxylic acids is 1. The van der Waals surface area contributed by atoms with Crippen LogP contribution < -0.4 is 10.2 Å². The summed E-state index contributed by atoms with van der Waals surface area (Å²) in [6, 6.07) is 6.19. The second-order valence-electron chi connectivity index (χ2n) is 8.64. The van der Waals surface area contributed by atoms with Gasteiger partial charge in [0.1, 0.15) is 17.2 Å². The van der Waals surface area contributed by atoms with E-state index < -0.39 is 0 Å². The Morgan fingerprint density at radius 2 is 1.91 bits per heavy atom. The lowest BCUT2D eigenvalue weighted by molar-refractivity contribution is 0.0815. The molecule has 2 fully saturated rings. The third-order valence-electron chi connectivity index (χ3n) is 6.25. The number of pyridine rings is 1. The largest absolute Gasteiger partial charge is 0.378 e. The lowest BCUT2D eigenvalue weighted by atomic mass is 10.2. The molecular formula is C23H29N7O2. The van der Waals surface area contributed by atoms with E-state index in [1.165, 1.54) is 12.8 Å². The molecule has 0 unspecified atom stereocenters. The number of nitrogens with one attached hydrogen (secondary N) is 1. The van der Waals surface area contributed by atoms with E-state index in [0.29, 0.717) is 23.5 Å². The Hall–Kier alpha value is -3.20. The molecule has 32 heavy (non-hydrogen) atoms. The summed E-state index contributed by atoms with van der Waals surface area (Å²) in [7, 11) is 3.56. The molecule has 1 saturated heterocycles. The standard InChI is InChI=1S/C23H29N7O2/c1-28(2)22(31)19-13-16-14-25-23(27-21(16)30(19)17-5-3-4-6-17)26-20-8-7-18(15-24-20)29-9-11-32-12-10-29/h7-8,13-15,17H,3-6,9-12H2,1-2H3,(H,24,25,26,27). The molecule has 3 aromatic heterocycles. The fourth-order valence-electron chi connectivity index (χ4n) is 4.58. The van der Waals surface area contributed by atoms with Crippen LogP contribution in [-0.2, 0) is 4.74 Å². The lowest BCUT2D eigenvalue weighted by Gasteiger charge is -2.28. The number of rotatable bonds is 5. The number of morpholine rings is 1. The Morgan fingerprint density at radius 3 is 2.59 bits per heavy atom. The summed E-state index contributed by atoms with van der Waals surface area (Å²) in [5.41, 5.74) is 2.55. The van der Waals surface area contributed by atoms with Crippen LogP contribution in [0.3, 0.4) is 0 Å². The number of aromatic nitrogens is 4. The molecule has 2 aliphatic rings. The molecule has 5 rings (SSSR count). The third-order valence-corrected chi connectivity index (χ3v) is 6.25. The van der Waals surface area contributed by atoms with Crippen LogP contribution in [0.5, 0.6) is 0 Å². The summed E-state index contributed by atoms with van der Waals surface area (Å²) in [5.74, 6) is 1.15. The molecule has 1 saturated carbocycles. The molecule has 4 heterocycles. The van der Waals surface area contributed by atoms with Crippen molar-refractivity contribution in [1.29, 1.82) is 0 Å². The molecule has 168 valence electrons. The number of hydrogen-bond donors (Lipinski definition) is 1. The van der Waals surface area contributed by atoms with Crippen molar-refractivity contribution in [2.45, 2.75) is 31.7 Å². The van der Waals surface area contributed by atoms with Crippen molar-refractivity contribution < 1.29 is 9.53 Å². The van der Waals surface area contributed by atoms with Gasteiger partial charge in [-0.3, -0.25) is 4.79 Å². The van der Waals surface area contributed by atoms with Crippen LogP contribution in [0.15, 0.2) is 30.6 Å². The van der Waals surface area contributed by atoms with Crippen LogP contribution in [0.2, 0.25) is 0 Å². The van der Waals surface area contributed by atoms with E-state index in [2.05, 4.69) is 24.8 Å². The predicted octanol–water partition coefficient (Wildman–Crippen LogP) is 3.22. The fourth-order valence-corrected chi connectivity index (χ4v) is 4.58. The van der Waals surface area contributed by atoms with Crippen LogP contribution >= 0.6 is 0 Å². The van der Waals surface area contributed by atoms with Gasteiger partial charge in [0, 0.05) is 44.8 Å². The molecule has 1 N–H and O–H groups in total. The van der Waals surface area contributed by atoms with Crippen molar-refractivity contribution in [2.75, 3.05) is 50.6 Å². The van der Waals surface area contributed by atoms with E-state index in [9.17, 15) is 4.79 Å². The molecule has 1 amide bonds. The van der Waals surface area contributed by atoms with Gasteiger partial charge in [-0.1, -0.05) is 12.8 Å². The van der Waals surface area contributed by atoms with Crippen molar-refractivity contribution in [2.24, 2.45) is 0 Å². The second kappa shape index (κ2) is 8.74. The summed E-state index contributed by atoms with van der Waals surface area (Å²) in [4.78, 5) is 30.5. The molecule has 0 atom stereocenters. The van der Waals surface area contributed by atoms with Gasteiger partial charge in [0.15, 0.2) is 0 Å². The maximum absolute atomic E-state index is 12.8. The topological polar surface area (TPSA) is 88.4 Å². The quantitative estimate of drug-likeness (QED) is 0.658. The van der Waals surface area contributed by atoms with Crippen LogP contribution in [0.1, 0.15) is 42.2 Å². The van der Waals surface area contributed by atoms with Gasteiger partial charge in [-0.15, -0.1) is 0 Å². The number of amides is 1. The Balaban J connectivity index is 1.43. The average molecular weight is 436 g/mol. The summed E-state index contributed by atoms with van der Waals surface area (Å²) >= 11 is 0. The van der Waals surface area contributed by atoms with Gasteiger partial charge in [0.2, 0.25) is 5.95 Å². The lowest BCUT2D eigenvalue weighted by Crippen LogP contribution is -2.36. The van der Waals surface area contributed by atoms with Gasteiger partial charge in [0.05, 0.1) is 25.1 Å². The second-order valence-corrected chi connectivity index (χ2v) is 8.64. The zero-order valence-electron chi connectivity index (χ0n) is 18.6. The normalized spacial score (nSPS) is 17.1. The molecule has 9 heteroatoms. The Bertz CT molecular complexity index is 1100. The van der Waals surface area contributed by atoms with Crippen molar-refractivity contribution in [1.82, 2.24) is 24.4 Å². The van der Waals surface area contributed by atoms with Crippen LogP contribution in [0.4, 0.5) is 17.5 Å². The van der Waals surface area contributed by atoms with Gasteiger partial charge in [0.25, 0.3) is 5.91 Å². The minimum absolute atomic E-state index is 0.00947. The van der Waals surface area contributed by atoms with Crippen molar-refractivity contribution in [3.63, 3.8) is 0 Å². The van der Waals surface area contributed by atoms with E-state index in [4.69, 9.17) is 9.72 Å². The Labute approximate surface area is 187 Å². The van der Waals surface area contributed by atoms with E-state index in [-0.39, 0.29) is 5.91 Å². The zero-order valence-corrected chi connectivity index (χ0v) is 18.6. The minimum Gasteiger partial charge on any atom is -0.378 e. The number of fused-ring (bicyclic) bond motifs is 1. The Kier molecular flexibility index (Phi) is 5.65. The highest BCUT2D eigenvalue weighted by molar-refractivity contribution is 5.97. The Morgan fingerprint density at radius 1 is 1.12 bits per heavy atom. The van der Waals surface area contributed by atoms with Crippen molar-refractivity contribution in [3.8, 4) is 0 Å². The monoisotopic (exact) mass is 435 g/mol. The molecule has 0 spiro atoms. The zero-order chi connectivity index (χ0) is 22.1. The first-order valence-electron chi connectivity index (χ1n) is 11.3. The highest BCUT2D eigenvalue weighted by Gasteiger charge is 2.26. The molecule has 3 aromatic rings. The molecule has 0 aromatic carbocycles. The number of nitrogens with zero attached hydrogens (tertiary/aromatic N) is 6. The van der Waals surface area contributed by atoms with E-state index in [1.807, 2.05) is 24.4 Å². The first-order chi connectivity index (χ1) is 15.6. The smallest absolute Gasteiger partial charge is 0.270 e. The van der Waals surface area contributed by atoms with Gasteiger partial charge in [-0.05, 0) is 31.0 Å². The van der Waals surface area contributed by atoms with Crippen molar-refractivity contribution in [3.05, 3.63) is 36.3 Å². The third kappa shape index (κ3) is 4.00. The van der Waals surface area contributed by atoms with Gasteiger partial charge < -0.3 is 24.4 Å². The van der Waals surface area contributed by atoms with E-state index in [0.717, 1.165) is 55.9 Å². The number of ether oxygens (including phenoxy) is 1. The van der Waals surface area contributed by atoms with Gasteiger partial charge >= 0.3 is 0 Å². The highest BCUT2D eigenvalue weighted by atomic mass is 16.5. The van der Waals surface area contributed by atoms with Gasteiger partial charge in [-0.2, -0.15) is 4.98 Å². The molecule has 0 bridgehead atoms. The summed E-state index contributed by atoms with van der Waals surface area (Å²) in [6.45, 7) is 3.24. The molecule has 1 aliphatic carbocycles. The summed E-state index contributed by atoms with van der Waals surface area (Å²) in [6.07, 6.45) is 8.13. The number of carbonyl (C=O) groups is 1. The summed E-state index contributed by atoms with van der Waals surface area (Å²) in [5, 5.41) is 4.10. The van der Waals surface area contributed by atoms with E-state index >= 15 is 0 Å². The van der Waals surface area contributed by atoms with E-state index in [1.54, 1.807) is 25.2 Å². The van der Waals surface area contributed by atoms with Crippen molar-refractivity contribution >= 4 is 34.4 Å². The summed E-state index contributed by atoms with van der Waals surface area (Å²) < 4.78 is 7.54. The maximum atomic E-state index is 12.8. The maximum Gasteiger partial charge on any atom is 0.270 e. The number of anilines is 3. The van der Waals surface area contributed by atoms with Crippen LogP contribution in [0.25, 0.3) is 11.0 Å². The minimum atomic E-state index is -0.00947. The molecule has 0 radical (unpaired) electrons. The molecule has 9 nitrogen and oxygen atoms in total. The SMILES string of the molecule is CN(C)C(=O)c1cc2cnc(Nc3ccc(N4CCOCC4)cn3)nc2n1C1CCCC1. The predicted molar refractivity (Wildman–Crippen MR) is 124 cm³/mol.